The first-order valence-corrected chi connectivity index (χ1v) is 8.37. The highest BCUT2D eigenvalue weighted by Crippen LogP contribution is 2.28. The molecule has 3 rings (SSSR count). The van der Waals surface area contributed by atoms with Crippen molar-refractivity contribution in [2.45, 2.75) is 6.61 Å². The van der Waals surface area contributed by atoms with Crippen molar-refractivity contribution in [3.63, 3.8) is 0 Å². The highest BCUT2D eigenvalue weighted by molar-refractivity contribution is 9.10. The summed E-state index contributed by atoms with van der Waals surface area (Å²) in [6.45, 7) is -0.131. The van der Waals surface area contributed by atoms with Crippen LogP contribution in [0.5, 0.6) is 11.5 Å². The van der Waals surface area contributed by atoms with Gasteiger partial charge in [-0.05, 0) is 30.3 Å². The predicted octanol–water partition coefficient (Wildman–Crippen LogP) is 3.87. The molecule has 0 bridgehead atoms. The molecule has 7 nitrogen and oxygen atoms in total. The number of methoxy groups -OCH3 is 2. The van der Waals surface area contributed by atoms with E-state index in [1.165, 1.54) is 14.2 Å². The fourth-order valence-electron chi connectivity index (χ4n) is 2.23. The summed E-state index contributed by atoms with van der Waals surface area (Å²) in [4.78, 5) is 16.4. The number of carbonyl (C=O) groups is 1. The lowest BCUT2D eigenvalue weighted by Crippen LogP contribution is -2.06. The van der Waals surface area contributed by atoms with Gasteiger partial charge in [-0.2, -0.15) is 4.98 Å². The van der Waals surface area contributed by atoms with Crippen molar-refractivity contribution in [1.82, 2.24) is 10.1 Å². The van der Waals surface area contributed by atoms with Crippen LogP contribution in [0.2, 0.25) is 0 Å². The number of rotatable bonds is 6. The molecule has 1 heterocycles. The van der Waals surface area contributed by atoms with E-state index in [1.54, 1.807) is 18.2 Å². The summed E-state index contributed by atoms with van der Waals surface area (Å²) in [5.41, 5.74) is 1.12. The Morgan fingerprint density at radius 1 is 1.12 bits per heavy atom. The Morgan fingerprint density at radius 3 is 2.65 bits per heavy atom. The third-order valence-corrected chi connectivity index (χ3v) is 3.99. The van der Waals surface area contributed by atoms with E-state index >= 15 is 0 Å². The Kier molecular flexibility index (Phi) is 5.52. The first-order chi connectivity index (χ1) is 12.6. The number of nitrogens with zero attached hydrogens (tertiary/aromatic N) is 2. The molecule has 0 spiro atoms. The average molecular weight is 419 g/mol. The highest BCUT2D eigenvalue weighted by Gasteiger charge is 2.15. The predicted molar refractivity (Wildman–Crippen MR) is 96.1 cm³/mol. The van der Waals surface area contributed by atoms with Gasteiger partial charge in [-0.3, -0.25) is 0 Å². The van der Waals surface area contributed by atoms with Crippen molar-refractivity contribution in [2.75, 3.05) is 14.2 Å². The van der Waals surface area contributed by atoms with Gasteiger partial charge in [0.15, 0.2) is 18.1 Å². The average Bonchev–Trinajstić information content (AvgIpc) is 3.14. The second-order valence-corrected chi connectivity index (χ2v) is 6.08. The van der Waals surface area contributed by atoms with Gasteiger partial charge in [-0.1, -0.05) is 33.2 Å². The van der Waals surface area contributed by atoms with Crippen LogP contribution in [0.25, 0.3) is 11.4 Å². The number of benzene rings is 2. The van der Waals surface area contributed by atoms with Gasteiger partial charge in [-0.15, -0.1) is 0 Å². The number of carbonyl (C=O) groups excluding carboxylic acids is 1. The van der Waals surface area contributed by atoms with Gasteiger partial charge in [0.1, 0.15) is 0 Å². The van der Waals surface area contributed by atoms with Crippen LogP contribution in [0.3, 0.4) is 0 Å². The minimum atomic E-state index is -0.534. The third-order valence-electron chi connectivity index (χ3n) is 3.50. The molecule has 0 aliphatic carbocycles. The Labute approximate surface area is 158 Å². The van der Waals surface area contributed by atoms with Gasteiger partial charge in [0.05, 0.1) is 19.8 Å². The number of ether oxygens (including phenoxy) is 3. The van der Waals surface area contributed by atoms with E-state index in [1.807, 2.05) is 24.3 Å². The maximum atomic E-state index is 12.2. The number of hydrogen-bond acceptors (Lipinski definition) is 7. The number of esters is 1. The van der Waals surface area contributed by atoms with Crippen molar-refractivity contribution in [3.05, 3.63) is 58.4 Å². The van der Waals surface area contributed by atoms with E-state index < -0.39 is 5.97 Å². The molecule has 0 N–H and O–H groups in total. The lowest BCUT2D eigenvalue weighted by molar-refractivity contribution is 0.0429. The Bertz CT molecular complexity index is 925. The molecule has 2 aromatic carbocycles. The molecule has 0 aliphatic heterocycles. The number of aromatic nitrogens is 2. The molecule has 0 fully saturated rings. The standard InChI is InChI=1S/C18H15BrN2O5/c1-23-14-7-6-12(9-15(14)24-2)18(22)25-10-16-20-17(21-26-16)11-4-3-5-13(19)8-11/h3-9H,10H2,1-2H3. The zero-order chi connectivity index (χ0) is 18.5. The summed E-state index contributed by atoms with van der Waals surface area (Å²) < 4.78 is 21.6. The van der Waals surface area contributed by atoms with Crippen LogP contribution in [-0.4, -0.2) is 30.3 Å². The van der Waals surface area contributed by atoms with Gasteiger partial charge in [0.2, 0.25) is 5.82 Å². The Morgan fingerprint density at radius 2 is 1.92 bits per heavy atom. The molecular weight excluding hydrogens is 404 g/mol. The zero-order valence-electron chi connectivity index (χ0n) is 14.1. The van der Waals surface area contributed by atoms with Gasteiger partial charge >= 0.3 is 5.97 Å². The van der Waals surface area contributed by atoms with Gasteiger partial charge in [0.25, 0.3) is 5.89 Å². The van der Waals surface area contributed by atoms with Crippen LogP contribution >= 0.6 is 15.9 Å². The van der Waals surface area contributed by atoms with Crippen LogP contribution in [0.1, 0.15) is 16.2 Å². The number of halogens is 1. The Hall–Kier alpha value is -2.87. The number of hydrogen-bond donors (Lipinski definition) is 0. The van der Waals surface area contributed by atoms with E-state index in [0.717, 1.165) is 10.0 Å². The third kappa shape index (κ3) is 4.02. The summed E-state index contributed by atoms with van der Waals surface area (Å²) in [6, 6.07) is 12.3. The molecule has 134 valence electrons. The molecule has 1 aromatic heterocycles. The van der Waals surface area contributed by atoms with Crippen LogP contribution < -0.4 is 9.47 Å². The maximum absolute atomic E-state index is 12.2. The molecule has 0 radical (unpaired) electrons. The largest absolute Gasteiger partial charge is 0.493 e. The van der Waals surface area contributed by atoms with E-state index in [9.17, 15) is 4.79 Å². The van der Waals surface area contributed by atoms with Crippen LogP contribution in [0, 0.1) is 0 Å². The first-order valence-electron chi connectivity index (χ1n) is 7.58. The second-order valence-electron chi connectivity index (χ2n) is 5.17. The van der Waals surface area contributed by atoms with Crippen LogP contribution in [0.15, 0.2) is 51.5 Å². The topological polar surface area (TPSA) is 83.7 Å². The van der Waals surface area contributed by atoms with Gasteiger partial charge < -0.3 is 18.7 Å². The Balaban J connectivity index is 1.67. The molecule has 0 aliphatic rings. The smallest absolute Gasteiger partial charge is 0.338 e. The van der Waals surface area contributed by atoms with Crippen molar-refractivity contribution in [1.29, 1.82) is 0 Å². The molecule has 0 unspecified atom stereocenters. The van der Waals surface area contributed by atoms with E-state index in [-0.39, 0.29) is 12.5 Å². The zero-order valence-corrected chi connectivity index (χ0v) is 15.6. The molecule has 0 saturated carbocycles. The fourth-order valence-corrected chi connectivity index (χ4v) is 2.63. The fraction of sp³-hybridized carbons (Fsp3) is 0.167. The summed E-state index contributed by atoms with van der Waals surface area (Å²) >= 11 is 3.39. The summed E-state index contributed by atoms with van der Waals surface area (Å²) in [6.07, 6.45) is 0. The first kappa shape index (κ1) is 17.9. The maximum Gasteiger partial charge on any atom is 0.338 e. The molecule has 0 amide bonds. The molecule has 26 heavy (non-hydrogen) atoms. The van der Waals surface area contributed by atoms with Crippen molar-refractivity contribution in [3.8, 4) is 22.9 Å². The summed E-state index contributed by atoms with van der Waals surface area (Å²) in [5.74, 6) is 1.06. The lowest BCUT2D eigenvalue weighted by atomic mass is 10.2. The van der Waals surface area contributed by atoms with Crippen molar-refractivity contribution in [2.24, 2.45) is 0 Å². The monoisotopic (exact) mass is 418 g/mol. The lowest BCUT2D eigenvalue weighted by Gasteiger charge is -2.08. The van der Waals surface area contributed by atoms with E-state index in [0.29, 0.717) is 22.9 Å². The second kappa shape index (κ2) is 8.01. The quantitative estimate of drug-likeness (QED) is 0.561. The molecular formula is C18H15BrN2O5. The molecule has 0 saturated heterocycles. The van der Waals surface area contributed by atoms with Crippen LogP contribution in [-0.2, 0) is 11.3 Å². The minimum Gasteiger partial charge on any atom is -0.493 e. The minimum absolute atomic E-state index is 0.131. The normalized spacial score (nSPS) is 10.4. The SMILES string of the molecule is COc1ccc(C(=O)OCc2nc(-c3cccc(Br)c3)no2)cc1OC. The van der Waals surface area contributed by atoms with Gasteiger partial charge in [0, 0.05) is 10.0 Å². The summed E-state index contributed by atoms with van der Waals surface area (Å²) in [5, 5.41) is 3.89. The van der Waals surface area contributed by atoms with Crippen molar-refractivity contribution < 1.29 is 23.5 Å². The molecule has 8 heteroatoms. The molecule has 3 aromatic rings. The summed E-state index contributed by atoms with van der Waals surface area (Å²) in [7, 11) is 3.02. The van der Waals surface area contributed by atoms with Crippen molar-refractivity contribution >= 4 is 21.9 Å². The van der Waals surface area contributed by atoms with Crippen LogP contribution in [0.4, 0.5) is 0 Å². The van der Waals surface area contributed by atoms with Gasteiger partial charge in [-0.25, -0.2) is 4.79 Å². The molecule has 0 atom stereocenters. The van der Waals surface area contributed by atoms with E-state index in [4.69, 9.17) is 18.7 Å². The highest BCUT2D eigenvalue weighted by atomic mass is 79.9. The van der Waals surface area contributed by atoms with E-state index in [2.05, 4.69) is 26.1 Å².